The molecule has 5 aromatic rings. The number of nitrogen functional groups attached to an aromatic ring is 2. The number of hydrogen-bond donors (Lipinski definition) is 3. The highest BCUT2D eigenvalue weighted by Crippen LogP contribution is 2.51. The molecule has 0 radical (unpaired) electrons. The van der Waals surface area contributed by atoms with Gasteiger partial charge in [0.2, 0.25) is 5.95 Å². The molecule has 1 aromatic carbocycles. The highest BCUT2D eigenvalue weighted by molar-refractivity contribution is 5.91. The first-order chi connectivity index (χ1) is 18.2. The average Bonchev–Trinajstić information content (AvgIpc) is 3.47. The quantitative estimate of drug-likeness (QED) is 0.304. The molecule has 1 saturated carbocycles. The zero-order valence-electron chi connectivity index (χ0n) is 19.8. The molecule has 0 bridgehead atoms. The van der Waals surface area contributed by atoms with Crippen molar-refractivity contribution in [3.8, 4) is 16.9 Å². The maximum atomic E-state index is 13.8. The third kappa shape index (κ3) is 4.31. The Hall–Kier alpha value is -4.81. The number of nitrogens with one attached hydrogen (secondary N) is 1. The molecule has 5 N–H and O–H groups in total. The van der Waals surface area contributed by atoms with E-state index in [-0.39, 0.29) is 30.1 Å². The summed E-state index contributed by atoms with van der Waals surface area (Å²) >= 11 is 0. The molecule has 1 aliphatic rings. The molecular weight excluding hydrogens is 497 g/mol. The van der Waals surface area contributed by atoms with Gasteiger partial charge >= 0.3 is 6.18 Å². The molecular formula is C25H21F3N10. The molecule has 10 nitrogen and oxygen atoms in total. The number of alkyl halides is 3. The van der Waals surface area contributed by atoms with Crippen molar-refractivity contribution < 1.29 is 13.2 Å². The second-order valence-electron chi connectivity index (χ2n) is 9.16. The van der Waals surface area contributed by atoms with Crippen LogP contribution in [0.5, 0.6) is 0 Å². The van der Waals surface area contributed by atoms with Gasteiger partial charge < -0.3 is 16.8 Å². The third-order valence-corrected chi connectivity index (χ3v) is 6.47. The first-order valence-electron chi connectivity index (χ1n) is 11.7. The van der Waals surface area contributed by atoms with Gasteiger partial charge in [0.25, 0.3) is 0 Å². The predicted octanol–water partition coefficient (Wildman–Crippen LogP) is 3.93. The third-order valence-electron chi connectivity index (χ3n) is 6.47. The molecule has 38 heavy (non-hydrogen) atoms. The van der Waals surface area contributed by atoms with Crippen molar-refractivity contribution >= 4 is 28.6 Å². The second-order valence-corrected chi connectivity index (χ2v) is 9.16. The SMILES string of the molecule is Nc1ccc(-c2cc(Cc3cccc(-n4cncn4)c3)c3nc(N)nc(NC4(C(F)(F)F)CC4)c3n2)cn1. The first kappa shape index (κ1) is 23.6. The van der Waals surface area contributed by atoms with Crippen molar-refractivity contribution in [2.24, 2.45) is 0 Å². The fraction of sp³-hybridized carbons (Fsp3) is 0.200. The lowest BCUT2D eigenvalue weighted by atomic mass is 10.0. The standard InChI is InChI=1S/C25H21F3N10/c26-25(27,28)24(6-7-24)37-22-21-20(35-23(30)36-22)16(10-18(34-21)15-4-5-19(29)32-11-15)8-14-2-1-3-17(9-14)38-13-31-12-33-38/h1-5,9-13H,6-8H2,(H2,29,32)(H3,30,35,36,37). The van der Waals surface area contributed by atoms with Crippen LogP contribution in [0.4, 0.5) is 30.8 Å². The van der Waals surface area contributed by atoms with Crippen LogP contribution in [0, 0.1) is 0 Å². The van der Waals surface area contributed by atoms with Gasteiger partial charge in [0.1, 0.15) is 35.0 Å². The molecule has 192 valence electrons. The first-order valence-corrected chi connectivity index (χ1v) is 11.7. The Kier molecular flexibility index (Phi) is 5.36. The summed E-state index contributed by atoms with van der Waals surface area (Å²) in [7, 11) is 0. The summed E-state index contributed by atoms with van der Waals surface area (Å²) in [6.45, 7) is 0. The molecule has 0 unspecified atom stereocenters. The van der Waals surface area contributed by atoms with Gasteiger partial charge in [0.05, 0.1) is 11.4 Å². The Bertz CT molecular complexity index is 1630. The molecule has 0 amide bonds. The molecule has 0 atom stereocenters. The van der Waals surface area contributed by atoms with E-state index >= 15 is 0 Å². The van der Waals surface area contributed by atoms with Crippen LogP contribution in [0.15, 0.2) is 61.3 Å². The summed E-state index contributed by atoms with van der Waals surface area (Å²) in [5.74, 6) is 0.114. The fourth-order valence-electron chi connectivity index (χ4n) is 4.32. The van der Waals surface area contributed by atoms with Gasteiger partial charge in [-0.05, 0) is 60.7 Å². The van der Waals surface area contributed by atoms with Crippen molar-refractivity contribution in [3.05, 3.63) is 72.4 Å². The van der Waals surface area contributed by atoms with E-state index in [0.717, 1.165) is 11.3 Å². The lowest BCUT2D eigenvalue weighted by Gasteiger charge is -2.22. The number of aromatic nitrogens is 7. The van der Waals surface area contributed by atoms with Gasteiger partial charge in [0, 0.05) is 11.8 Å². The van der Waals surface area contributed by atoms with E-state index in [1.165, 1.54) is 6.33 Å². The largest absolute Gasteiger partial charge is 0.411 e. The predicted molar refractivity (Wildman–Crippen MR) is 135 cm³/mol. The number of nitrogens with zero attached hydrogens (tertiary/aromatic N) is 7. The van der Waals surface area contributed by atoms with Crippen LogP contribution in [0.1, 0.15) is 24.0 Å². The summed E-state index contributed by atoms with van der Waals surface area (Å²) in [5, 5.41) is 6.76. The van der Waals surface area contributed by atoms with Crippen LogP contribution < -0.4 is 16.8 Å². The molecule has 6 rings (SSSR count). The highest BCUT2D eigenvalue weighted by atomic mass is 19.4. The smallest absolute Gasteiger partial charge is 0.384 e. The highest BCUT2D eigenvalue weighted by Gasteiger charge is 2.64. The van der Waals surface area contributed by atoms with Crippen LogP contribution in [0.3, 0.4) is 0 Å². The number of pyridine rings is 2. The number of fused-ring (bicyclic) bond motifs is 1. The van der Waals surface area contributed by atoms with Gasteiger partial charge in [0.15, 0.2) is 5.82 Å². The van der Waals surface area contributed by atoms with E-state index < -0.39 is 11.7 Å². The van der Waals surface area contributed by atoms with Crippen molar-refractivity contribution in [2.45, 2.75) is 31.0 Å². The van der Waals surface area contributed by atoms with Gasteiger partial charge in [-0.3, -0.25) is 0 Å². The summed E-state index contributed by atoms with van der Waals surface area (Å²) in [5.41, 5.74) is 13.7. The van der Waals surface area contributed by atoms with Gasteiger partial charge in [-0.25, -0.2) is 24.6 Å². The van der Waals surface area contributed by atoms with Gasteiger partial charge in [-0.15, -0.1) is 0 Å². The van der Waals surface area contributed by atoms with Crippen molar-refractivity contribution in [1.82, 2.24) is 34.7 Å². The molecule has 4 aromatic heterocycles. The molecule has 4 heterocycles. The lowest BCUT2D eigenvalue weighted by molar-refractivity contribution is -0.151. The molecule has 1 fully saturated rings. The van der Waals surface area contributed by atoms with Gasteiger partial charge in [-0.1, -0.05) is 12.1 Å². The minimum absolute atomic E-state index is 0.0641. The maximum Gasteiger partial charge on any atom is 0.411 e. The summed E-state index contributed by atoms with van der Waals surface area (Å²) in [6, 6.07) is 12.9. The number of benzene rings is 1. The Labute approximate surface area is 214 Å². The van der Waals surface area contributed by atoms with Crippen molar-refractivity contribution in [3.63, 3.8) is 0 Å². The molecule has 0 aliphatic heterocycles. The number of hydrogen-bond acceptors (Lipinski definition) is 9. The van der Waals surface area contributed by atoms with E-state index in [2.05, 4.69) is 35.3 Å². The van der Waals surface area contributed by atoms with Crippen LogP contribution in [0.2, 0.25) is 0 Å². The molecule has 0 spiro atoms. The normalized spacial score (nSPS) is 14.5. The van der Waals surface area contributed by atoms with Crippen molar-refractivity contribution in [2.75, 3.05) is 16.8 Å². The average molecular weight is 519 g/mol. The Balaban J connectivity index is 1.50. The summed E-state index contributed by atoms with van der Waals surface area (Å²) in [6.07, 6.45) is 0.392. The Morgan fingerprint density at radius 1 is 1.00 bits per heavy atom. The van der Waals surface area contributed by atoms with E-state index in [1.807, 2.05) is 30.3 Å². The minimum atomic E-state index is -4.46. The number of anilines is 3. The Morgan fingerprint density at radius 2 is 1.84 bits per heavy atom. The van der Waals surface area contributed by atoms with Crippen LogP contribution in [-0.4, -0.2) is 46.4 Å². The van der Waals surface area contributed by atoms with Crippen LogP contribution in [0.25, 0.3) is 28.0 Å². The van der Waals surface area contributed by atoms with Gasteiger partial charge in [-0.2, -0.15) is 23.3 Å². The minimum Gasteiger partial charge on any atom is -0.384 e. The fourth-order valence-corrected chi connectivity index (χ4v) is 4.32. The van der Waals surface area contributed by atoms with E-state index in [9.17, 15) is 13.2 Å². The Morgan fingerprint density at radius 3 is 2.53 bits per heavy atom. The van der Waals surface area contributed by atoms with E-state index in [4.69, 9.17) is 11.5 Å². The monoisotopic (exact) mass is 518 g/mol. The topological polar surface area (TPSA) is 146 Å². The van der Waals surface area contributed by atoms with E-state index in [0.29, 0.717) is 34.6 Å². The lowest BCUT2D eigenvalue weighted by Crippen LogP contribution is -2.39. The summed E-state index contributed by atoms with van der Waals surface area (Å²) < 4.78 is 43.0. The number of rotatable bonds is 6. The number of nitrogens with two attached hydrogens (primary N) is 2. The zero-order valence-corrected chi connectivity index (χ0v) is 19.8. The maximum absolute atomic E-state index is 13.8. The molecule has 0 saturated heterocycles. The van der Waals surface area contributed by atoms with Crippen LogP contribution in [-0.2, 0) is 6.42 Å². The zero-order chi connectivity index (χ0) is 26.5. The van der Waals surface area contributed by atoms with Crippen LogP contribution >= 0.6 is 0 Å². The second kappa shape index (κ2) is 8.64. The number of halogens is 3. The molecule has 1 aliphatic carbocycles. The van der Waals surface area contributed by atoms with Crippen molar-refractivity contribution in [1.29, 1.82) is 0 Å². The summed E-state index contributed by atoms with van der Waals surface area (Å²) in [4.78, 5) is 21.3. The molecule has 13 heteroatoms. The van der Waals surface area contributed by atoms with E-state index in [1.54, 1.807) is 29.3 Å².